The van der Waals surface area contributed by atoms with Crippen LogP contribution in [0.15, 0.2) is 35.2 Å². The largest absolute Gasteiger partial charge is 0.550 e. The number of rotatable bonds is 4. The molecule has 0 amide bonds. The van der Waals surface area contributed by atoms with Crippen molar-refractivity contribution < 1.29 is 28.2 Å². The molecule has 0 aliphatic heterocycles. The van der Waals surface area contributed by atoms with E-state index < -0.39 is 50.7 Å². The minimum absolute atomic E-state index is 0.0228. The van der Waals surface area contributed by atoms with Gasteiger partial charge in [0.25, 0.3) is 0 Å². The summed E-state index contributed by atoms with van der Waals surface area (Å²) in [5, 5.41) is 20.0. The summed E-state index contributed by atoms with van der Waals surface area (Å²) in [5.74, 6) is -5.96. The number of carbonyl (C=O) groups excluding carboxylic acids is 2. The van der Waals surface area contributed by atoms with Gasteiger partial charge in [0.05, 0.1) is 15.5 Å². The number of hydrogen-bond donors (Lipinski definition) is 0. The number of alkyl halides is 1. The molecule has 1 aliphatic rings. The zero-order valence-corrected chi connectivity index (χ0v) is 12.9. The Kier molecular flexibility index (Phi) is 4.77. The fourth-order valence-corrected chi connectivity index (χ4v) is 5.30. The summed E-state index contributed by atoms with van der Waals surface area (Å²) in [4.78, 5) is 22.2. The van der Waals surface area contributed by atoms with Crippen LogP contribution in [-0.2, 0) is 19.4 Å². The molecule has 1 fully saturated rings. The quantitative estimate of drug-likeness (QED) is 0.645. The van der Waals surface area contributed by atoms with E-state index in [0.717, 1.165) is 0 Å². The van der Waals surface area contributed by atoms with E-state index in [1.807, 2.05) is 0 Å². The Balaban J connectivity index is 2.36. The number of hydrogen-bond acceptors (Lipinski definition) is 6. The smallest absolute Gasteiger partial charge is 0.182 e. The molecule has 1 aromatic carbocycles. The van der Waals surface area contributed by atoms with Crippen molar-refractivity contribution in [2.24, 2.45) is 11.8 Å². The summed E-state index contributed by atoms with van der Waals surface area (Å²) in [7, 11) is -3.86. The lowest BCUT2D eigenvalue weighted by molar-refractivity contribution is -0.328. The first-order chi connectivity index (χ1) is 10.2. The lowest BCUT2D eigenvalue weighted by Crippen LogP contribution is -2.52. The van der Waals surface area contributed by atoms with Gasteiger partial charge in [-0.3, -0.25) is 0 Å². The number of aliphatic carboxylic acids is 2. The topological polar surface area (TPSA) is 114 Å². The second-order valence-electron chi connectivity index (χ2n) is 5.23. The molecule has 0 spiro atoms. The molecule has 0 heterocycles. The van der Waals surface area contributed by atoms with Crippen molar-refractivity contribution >= 4 is 33.4 Å². The van der Waals surface area contributed by atoms with Gasteiger partial charge in [-0.1, -0.05) is 18.2 Å². The van der Waals surface area contributed by atoms with Crippen LogP contribution in [0.1, 0.15) is 12.8 Å². The zero-order chi connectivity index (χ0) is 16.5. The molecule has 22 heavy (non-hydrogen) atoms. The van der Waals surface area contributed by atoms with Gasteiger partial charge in [-0.05, 0) is 25.0 Å². The first-order valence-electron chi connectivity index (χ1n) is 6.60. The van der Waals surface area contributed by atoms with Crippen molar-refractivity contribution in [3.05, 3.63) is 30.3 Å². The van der Waals surface area contributed by atoms with Crippen LogP contribution in [-0.4, -0.2) is 31.0 Å². The van der Waals surface area contributed by atoms with Gasteiger partial charge >= 0.3 is 0 Å². The van der Waals surface area contributed by atoms with Crippen LogP contribution < -0.4 is 10.2 Å². The Morgan fingerprint density at radius 3 is 2.00 bits per heavy atom. The van der Waals surface area contributed by atoms with Gasteiger partial charge in [0.15, 0.2) is 9.84 Å². The molecule has 1 saturated carbocycles. The van der Waals surface area contributed by atoms with Gasteiger partial charge in [0.1, 0.15) is 0 Å². The number of benzene rings is 1. The third-order valence-electron chi connectivity index (χ3n) is 3.93. The molecule has 0 saturated heterocycles. The highest BCUT2D eigenvalue weighted by Crippen LogP contribution is 2.38. The maximum atomic E-state index is 12.6. The van der Waals surface area contributed by atoms with E-state index in [1.54, 1.807) is 18.2 Å². The number of carboxylic acids is 2. The van der Waals surface area contributed by atoms with Crippen molar-refractivity contribution in [2.75, 3.05) is 0 Å². The number of halogens is 1. The van der Waals surface area contributed by atoms with Crippen molar-refractivity contribution in [3.8, 4) is 0 Å². The number of sulfone groups is 1. The molecule has 0 aromatic heterocycles. The second-order valence-corrected chi connectivity index (χ2v) is 7.96. The minimum atomic E-state index is -3.86. The Morgan fingerprint density at radius 1 is 1.00 bits per heavy atom. The van der Waals surface area contributed by atoms with E-state index in [9.17, 15) is 28.2 Å². The van der Waals surface area contributed by atoms with Gasteiger partial charge < -0.3 is 19.8 Å². The van der Waals surface area contributed by atoms with E-state index >= 15 is 0 Å². The van der Waals surface area contributed by atoms with Crippen LogP contribution in [0.25, 0.3) is 0 Å². The Morgan fingerprint density at radius 2 is 1.50 bits per heavy atom. The van der Waals surface area contributed by atoms with E-state index in [0.29, 0.717) is 0 Å². The average molecular weight is 345 g/mol. The van der Waals surface area contributed by atoms with E-state index in [-0.39, 0.29) is 11.3 Å². The predicted molar refractivity (Wildman–Crippen MR) is 73.3 cm³/mol. The highest BCUT2D eigenvalue weighted by Gasteiger charge is 2.44. The molecule has 1 aromatic rings. The third kappa shape index (κ3) is 3.10. The normalized spacial score (nSPS) is 29.0. The summed E-state index contributed by atoms with van der Waals surface area (Å²) >= 11 is 6.04. The lowest BCUT2D eigenvalue weighted by atomic mass is 9.79. The fourth-order valence-electron chi connectivity index (χ4n) is 2.75. The minimum Gasteiger partial charge on any atom is -0.550 e. The molecule has 4 atom stereocenters. The van der Waals surface area contributed by atoms with Crippen molar-refractivity contribution in [1.29, 1.82) is 0 Å². The summed E-state index contributed by atoms with van der Waals surface area (Å²) in [6.45, 7) is 0. The SMILES string of the molecule is O=C([O-])[C@@H]1C[C@H](Cl)[C@@H](S(=O)(=O)c2ccccc2)C[C@H]1C(=O)[O-]. The van der Waals surface area contributed by atoms with Crippen molar-refractivity contribution in [3.63, 3.8) is 0 Å². The average Bonchev–Trinajstić information content (AvgIpc) is 2.47. The maximum absolute atomic E-state index is 12.6. The summed E-state index contributed by atoms with van der Waals surface area (Å²) in [6, 6.07) is 7.50. The van der Waals surface area contributed by atoms with Crippen LogP contribution in [0, 0.1) is 11.8 Å². The molecule has 0 unspecified atom stereocenters. The van der Waals surface area contributed by atoms with Crippen molar-refractivity contribution in [2.45, 2.75) is 28.4 Å². The van der Waals surface area contributed by atoms with E-state index in [4.69, 9.17) is 11.6 Å². The molecular weight excluding hydrogens is 332 g/mol. The van der Waals surface area contributed by atoms with Crippen LogP contribution >= 0.6 is 11.6 Å². The van der Waals surface area contributed by atoms with Gasteiger partial charge in [0, 0.05) is 23.8 Å². The number of carboxylic acid groups (broad SMARTS) is 2. The van der Waals surface area contributed by atoms with Crippen LogP contribution in [0.4, 0.5) is 0 Å². The van der Waals surface area contributed by atoms with Gasteiger partial charge in [-0.25, -0.2) is 8.42 Å². The van der Waals surface area contributed by atoms with Crippen LogP contribution in [0.2, 0.25) is 0 Å². The lowest BCUT2D eigenvalue weighted by Gasteiger charge is -2.39. The molecule has 0 radical (unpaired) electrons. The van der Waals surface area contributed by atoms with Gasteiger partial charge in [-0.2, -0.15) is 0 Å². The highest BCUT2D eigenvalue weighted by molar-refractivity contribution is 7.92. The van der Waals surface area contributed by atoms with Crippen LogP contribution in [0.3, 0.4) is 0 Å². The second kappa shape index (κ2) is 6.26. The molecule has 120 valence electrons. The summed E-state index contributed by atoms with van der Waals surface area (Å²) in [6.07, 6.45) is -0.703. The zero-order valence-electron chi connectivity index (χ0n) is 11.3. The van der Waals surface area contributed by atoms with Gasteiger partial charge in [-0.15, -0.1) is 11.6 Å². The van der Waals surface area contributed by atoms with Crippen molar-refractivity contribution in [1.82, 2.24) is 0 Å². The molecule has 8 heteroatoms. The first-order valence-corrected chi connectivity index (χ1v) is 8.58. The molecule has 1 aliphatic carbocycles. The monoisotopic (exact) mass is 344 g/mol. The maximum Gasteiger partial charge on any atom is 0.182 e. The number of carbonyl (C=O) groups is 2. The standard InChI is InChI=1S/C14H15ClO6S/c15-11-6-9(13(16)17)10(14(18)19)7-12(11)22(20,21)8-4-2-1-3-5-8/h1-5,9-12H,6-7H2,(H,16,17)(H,18,19)/p-2/t9-,10-,11+,12+/m1/s1. The molecule has 6 nitrogen and oxygen atoms in total. The third-order valence-corrected chi connectivity index (χ3v) is 6.81. The predicted octanol–water partition coefficient (Wildman–Crippen LogP) is -1.04. The Labute approximate surface area is 132 Å². The molecule has 0 N–H and O–H groups in total. The summed E-state index contributed by atoms with van der Waals surface area (Å²) in [5.41, 5.74) is 0. The van der Waals surface area contributed by atoms with E-state index in [2.05, 4.69) is 0 Å². The van der Waals surface area contributed by atoms with E-state index in [1.165, 1.54) is 12.1 Å². The molecular formula is C14H13ClO6S-2. The highest BCUT2D eigenvalue weighted by atomic mass is 35.5. The Bertz CT molecular complexity index is 672. The first kappa shape index (κ1) is 16.8. The van der Waals surface area contributed by atoms with Crippen LogP contribution in [0.5, 0.6) is 0 Å². The summed E-state index contributed by atoms with van der Waals surface area (Å²) < 4.78 is 25.2. The molecule has 0 bridgehead atoms. The Hall–Kier alpha value is -1.60. The fraction of sp³-hybridized carbons (Fsp3) is 0.429. The van der Waals surface area contributed by atoms with Gasteiger partial charge in [0.2, 0.25) is 0 Å². The molecule has 2 rings (SSSR count).